The molecule has 4 atom stereocenters. The molecule has 5 rings (SSSR count). The van der Waals surface area contributed by atoms with E-state index in [-0.39, 0.29) is 55.2 Å². The van der Waals surface area contributed by atoms with Crippen molar-refractivity contribution in [3.8, 4) is 0 Å². The number of carbonyl (C=O) groups is 2. The number of nitrogens with zero attached hydrogens (tertiary/aromatic N) is 5. The summed E-state index contributed by atoms with van der Waals surface area (Å²) in [5.41, 5.74) is 8.28. The van der Waals surface area contributed by atoms with Crippen LogP contribution >= 0.6 is 11.6 Å². The quantitative estimate of drug-likeness (QED) is 0.0700. The van der Waals surface area contributed by atoms with Crippen molar-refractivity contribution in [3.05, 3.63) is 117 Å². The lowest BCUT2D eigenvalue weighted by Crippen LogP contribution is -2.49. The van der Waals surface area contributed by atoms with Gasteiger partial charge in [-0.25, -0.2) is 22.3 Å². The Labute approximate surface area is 349 Å². The molecule has 2 amide bonds. The zero-order valence-electron chi connectivity index (χ0n) is 33.8. The van der Waals surface area contributed by atoms with E-state index < -0.39 is 62.3 Å². The van der Waals surface area contributed by atoms with E-state index in [1.54, 1.807) is 69.3 Å². The third kappa shape index (κ3) is 11.8. The van der Waals surface area contributed by atoms with Gasteiger partial charge in [-0.2, -0.15) is 0 Å². The van der Waals surface area contributed by atoms with Crippen molar-refractivity contribution in [1.82, 2.24) is 9.62 Å². The second kappa shape index (κ2) is 18.9. The molecule has 0 aromatic heterocycles. The van der Waals surface area contributed by atoms with Gasteiger partial charge < -0.3 is 24.8 Å². The normalized spacial score (nSPS) is 18.7. The first-order chi connectivity index (χ1) is 27.9. The topological polar surface area (TPSA) is 195 Å². The summed E-state index contributed by atoms with van der Waals surface area (Å²) in [6.07, 6.45) is 4.06. The van der Waals surface area contributed by atoms with Gasteiger partial charge >= 0.3 is 6.09 Å². The second-order valence-electron chi connectivity index (χ2n) is 16.3. The fraction of sp³-hybridized carbons (Fsp3) is 0.452. The van der Waals surface area contributed by atoms with Crippen LogP contribution in [0.1, 0.15) is 64.0 Å². The van der Waals surface area contributed by atoms with E-state index in [1.807, 2.05) is 13.0 Å². The van der Waals surface area contributed by atoms with E-state index in [9.17, 15) is 28.6 Å². The van der Waals surface area contributed by atoms with Crippen LogP contribution in [0.3, 0.4) is 0 Å². The molecule has 14 nitrogen and oxygen atoms in total. The SMILES string of the molecule is COC1=NCC(C)([C@H](c2ccc(Cl)cc2)[C@H](N=[N+]=[N-])C(=O)Nc2cccc(F)c2CC[C@@H](CN(CC2(CO)CC2)C(=O)OC(C)(C)C)NS(=O)(=O)c2ccccc2)C=C1. The molecule has 17 heteroatoms. The molecule has 3 N–H and O–H groups in total. The highest BCUT2D eigenvalue weighted by Gasteiger charge is 2.46. The number of methoxy groups -OCH3 is 1. The molecule has 0 spiro atoms. The number of aliphatic hydroxyl groups is 1. The summed E-state index contributed by atoms with van der Waals surface area (Å²) < 4.78 is 57.0. The van der Waals surface area contributed by atoms with Crippen LogP contribution < -0.4 is 10.0 Å². The highest BCUT2D eigenvalue weighted by atomic mass is 35.5. The number of anilines is 1. The summed E-state index contributed by atoms with van der Waals surface area (Å²) in [5, 5.41) is 17.4. The average molecular weight is 852 g/mol. The van der Waals surface area contributed by atoms with E-state index in [0.29, 0.717) is 29.3 Å². The molecule has 1 heterocycles. The maximum atomic E-state index is 15.9. The summed E-state index contributed by atoms with van der Waals surface area (Å²) >= 11 is 6.22. The number of hydrogen-bond donors (Lipinski definition) is 3. The third-order valence-corrected chi connectivity index (χ3v) is 12.3. The standard InChI is InChI=1S/C42H51ClFN7O7S/c1-40(2,3)58-39(54)51(26-42(27-52)22-23-42)24-30(49-59(55,56)31-10-7-6-8-11-31)18-19-32-33(44)12-9-13-34(32)47-38(53)37(48-50-45)36(28-14-16-29(43)17-15-28)41(4)21-20-35(57-5)46-25-41/h6-17,20-21,30,36-37,49,52H,18-19,22-27H2,1-5H3,(H,47,53)/t30-,36+,37-,41?/m0/s1. The average Bonchev–Trinajstić information content (AvgIpc) is 3.97. The molecule has 0 saturated heterocycles. The molecule has 0 bridgehead atoms. The Balaban J connectivity index is 1.47. The van der Waals surface area contributed by atoms with Crippen LogP contribution in [0.15, 0.2) is 100.0 Å². The van der Waals surface area contributed by atoms with E-state index >= 15 is 4.39 Å². The number of nitrogens with one attached hydrogen (secondary N) is 2. The molecule has 1 aliphatic carbocycles. The van der Waals surface area contributed by atoms with Crippen molar-refractivity contribution in [2.75, 3.05) is 38.7 Å². The Morgan fingerprint density at radius 2 is 1.80 bits per heavy atom. The van der Waals surface area contributed by atoms with Crippen molar-refractivity contribution in [3.63, 3.8) is 0 Å². The fourth-order valence-corrected chi connectivity index (χ4v) is 8.55. The molecule has 3 aromatic rings. The number of rotatable bonds is 17. The first-order valence-electron chi connectivity index (χ1n) is 19.2. The lowest BCUT2D eigenvalue weighted by molar-refractivity contribution is -0.118. The highest BCUT2D eigenvalue weighted by molar-refractivity contribution is 7.89. The summed E-state index contributed by atoms with van der Waals surface area (Å²) in [5.74, 6) is -1.77. The number of benzene rings is 3. The third-order valence-electron chi connectivity index (χ3n) is 10.5. The summed E-state index contributed by atoms with van der Waals surface area (Å²) in [4.78, 5) is 36.9. The molecule has 0 radical (unpaired) electrons. The molecule has 2 aliphatic rings. The second-order valence-corrected chi connectivity index (χ2v) is 18.5. The molecule has 3 aromatic carbocycles. The Kier molecular flexibility index (Phi) is 14.5. The van der Waals surface area contributed by atoms with E-state index in [0.717, 1.165) is 0 Å². The smallest absolute Gasteiger partial charge is 0.410 e. The van der Waals surface area contributed by atoms with Crippen molar-refractivity contribution in [2.24, 2.45) is 20.9 Å². The van der Waals surface area contributed by atoms with Crippen LogP contribution in [0.4, 0.5) is 14.9 Å². The zero-order valence-corrected chi connectivity index (χ0v) is 35.3. The van der Waals surface area contributed by atoms with E-state index in [2.05, 4.69) is 25.1 Å². The predicted molar refractivity (Wildman–Crippen MR) is 224 cm³/mol. The van der Waals surface area contributed by atoms with Gasteiger partial charge in [-0.3, -0.25) is 9.79 Å². The minimum Gasteiger partial charge on any atom is -0.481 e. The molecule has 1 unspecified atom stereocenters. The number of sulfonamides is 1. The van der Waals surface area contributed by atoms with Crippen molar-refractivity contribution >= 4 is 45.2 Å². The van der Waals surface area contributed by atoms with E-state index in [4.69, 9.17) is 21.1 Å². The van der Waals surface area contributed by atoms with Gasteiger partial charge in [0.05, 0.1) is 25.2 Å². The van der Waals surface area contributed by atoms with E-state index in [1.165, 1.54) is 42.3 Å². The number of aliphatic imine (C=N–C) groups is 1. The maximum absolute atomic E-state index is 15.9. The number of dihydropyridines is 1. The molecule has 316 valence electrons. The summed E-state index contributed by atoms with van der Waals surface area (Å²) in [6, 6.07) is 16.3. The van der Waals surface area contributed by atoms with Gasteiger partial charge in [-0.1, -0.05) is 66.1 Å². The van der Waals surface area contributed by atoms with Crippen molar-refractivity contribution < 1.29 is 37.0 Å². The van der Waals surface area contributed by atoms with Gasteiger partial charge in [0, 0.05) is 57.1 Å². The Hall–Kier alpha value is -4.99. The van der Waals surface area contributed by atoms with Crippen molar-refractivity contribution in [2.45, 2.75) is 81.9 Å². The Morgan fingerprint density at radius 1 is 1.10 bits per heavy atom. The number of carbonyl (C=O) groups excluding carboxylic acids is 2. The molecular weight excluding hydrogens is 801 g/mol. The van der Waals surface area contributed by atoms with Gasteiger partial charge in [0.25, 0.3) is 0 Å². The van der Waals surface area contributed by atoms with Crippen LogP contribution in [-0.2, 0) is 30.7 Å². The molecular formula is C42H51ClFN7O7S. The van der Waals surface area contributed by atoms with Crippen LogP contribution in [-0.4, -0.2) is 87.4 Å². The molecule has 59 heavy (non-hydrogen) atoms. The van der Waals surface area contributed by atoms with Gasteiger partial charge in [-0.15, -0.1) is 0 Å². The first kappa shape index (κ1) is 45.1. The van der Waals surface area contributed by atoms with Crippen LogP contribution in [0, 0.1) is 16.6 Å². The number of aliphatic hydroxyl groups excluding tert-OH is 1. The Bertz CT molecular complexity index is 2190. The zero-order chi connectivity index (χ0) is 43.0. The fourth-order valence-electron chi connectivity index (χ4n) is 7.14. The van der Waals surface area contributed by atoms with Crippen LogP contribution in [0.2, 0.25) is 5.02 Å². The largest absolute Gasteiger partial charge is 0.481 e. The van der Waals surface area contributed by atoms with Gasteiger partial charge in [-0.05, 0) is 100 Å². The number of azide groups is 1. The number of halogens is 2. The van der Waals surface area contributed by atoms with Gasteiger partial charge in [0.15, 0.2) is 0 Å². The minimum atomic E-state index is -4.14. The van der Waals surface area contributed by atoms with Gasteiger partial charge in [0.1, 0.15) is 17.5 Å². The number of hydrogen-bond acceptors (Lipinski definition) is 9. The van der Waals surface area contributed by atoms with Crippen molar-refractivity contribution in [1.29, 1.82) is 0 Å². The number of amides is 2. The predicted octanol–water partition coefficient (Wildman–Crippen LogP) is 7.79. The first-order valence-corrected chi connectivity index (χ1v) is 21.1. The van der Waals surface area contributed by atoms with Crippen LogP contribution in [0.5, 0.6) is 0 Å². The number of ether oxygens (including phenoxy) is 2. The molecule has 1 saturated carbocycles. The Morgan fingerprint density at radius 3 is 2.37 bits per heavy atom. The lowest BCUT2D eigenvalue weighted by atomic mass is 9.68. The minimum absolute atomic E-state index is 0.00773. The summed E-state index contributed by atoms with van der Waals surface area (Å²) in [7, 11) is -2.65. The lowest BCUT2D eigenvalue weighted by Gasteiger charge is -2.39. The molecule has 1 fully saturated rings. The molecule has 1 aliphatic heterocycles. The van der Waals surface area contributed by atoms with Crippen LogP contribution in [0.25, 0.3) is 10.4 Å². The monoisotopic (exact) mass is 851 g/mol. The van der Waals surface area contributed by atoms with Gasteiger partial charge in [0.2, 0.25) is 21.8 Å². The summed E-state index contributed by atoms with van der Waals surface area (Å²) in [6.45, 7) is 6.99. The maximum Gasteiger partial charge on any atom is 0.410 e. The highest BCUT2D eigenvalue weighted by Crippen LogP contribution is 2.46.